The average molecular weight is 241 g/mol. The van der Waals surface area contributed by atoms with Gasteiger partial charge in [0.15, 0.2) is 17.8 Å². The number of carbonyl (C=O) groups excluding carboxylic acids is 1. The van der Waals surface area contributed by atoms with Crippen LogP contribution in [0.3, 0.4) is 0 Å². The van der Waals surface area contributed by atoms with Crippen molar-refractivity contribution in [3.05, 3.63) is 23.8 Å². The Morgan fingerprint density at radius 1 is 1.53 bits per heavy atom. The molecule has 6 nitrogen and oxygen atoms in total. The van der Waals surface area contributed by atoms with Gasteiger partial charge in [-0.25, -0.2) is 0 Å². The number of rotatable bonds is 3. The van der Waals surface area contributed by atoms with Crippen molar-refractivity contribution in [1.82, 2.24) is 0 Å². The summed E-state index contributed by atoms with van der Waals surface area (Å²) in [7, 11) is 1.43. The maximum Gasteiger partial charge on any atom is 0.320 e. The third-order valence-corrected chi connectivity index (χ3v) is 1.77. The van der Waals surface area contributed by atoms with Gasteiger partial charge in [0, 0.05) is 0 Å². The summed E-state index contributed by atoms with van der Waals surface area (Å²) < 4.78 is 4.78. The van der Waals surface area contributed by atoms with E-state index in [0.29, 0.717) is 12.0 Å². The molecular formula is C11H15NO5. The number of carboxylic acid groups (broad SMARTS) is 1. The molecule has 0 heterocycles. The number of hydrogen-bond acceptors (Lipinski definition) is 5. The lowest BCUT2D eigenvalue weighted by Gasteiger charge is -2.02. The number of hydrogen-bond donors (Lipinski definition) is 3. The minimum atomic E-state index is -0.963. The molecule has 0 spiro atoms. The third-order valence-electron chi connectivity index (χ3n) is 1.77. The zero-order chi connectivity index (χ0) is 13.4. The molecule has 0 saturated heterocycles. The van der Waals surface area contributed by atoms with Crippen LogP contribution in [0, 0.1) is 0 Å². The summed E-state index contributed by atoms with van der Waals surface area (Å²) in [6.45, 7) is 1.42. The van der Waals surface area contributed by atoms with Crippen molar-refractivity contribution >= 4 is 12.3 Å². The van der Waals surface area contributed by atoms with Crippen LogP contribution in [0.2, 0.25) is 0 Å². The number of aromatic hydroxyl groups is 1. The molecule has 0 radical (unpaired) electrons. The number of carboxylic acids is 1. The highest BCUT2D eigenvalue weighted by molar-refractivity contribution is 5.80. The number of phenolic OH excluding ortho intramolecular Hbond substituents is 1. The van der Waals surface area contributed by atoms with Crippen LogP contribution in [-0.2, 0) is 4.79 Å². The summed E-state index contributed by atoms with van der Waals surface area (Å²) in [5, 5.41) is 17.1. The highest BCUT2D eigenvalue weighted by Crippen LogP contribution is 2.27. The topological polar surface area (TPSA) is 110 Å². The van der Waals surface area contributed by atoms with Crippen LogP contribution < -0.4 is 10.5 Å². The van der Waals surface area contributed by atoms with E-state index in [1.807, 2.05) is 0 Å². The first-order chi connectivity index (χ1) is 7.93. The van der Waals surface area contributed by atoms with Gasteiger partial charge < -0.3 is 20.7 Å². The second-order valence-corrected chi connectivity index (χ2v) is 3.14. The Hall–Kier alpha value is -2.08. The minimum Gasteiger partial charge on any atom is -0.504 e. The number of nitrogens with two attached hydrogens (primary N) is 1. The number of benzene rings is 1. The maximum atomic E-state index is 10.3. The Kier molecular flexibility index (Phi) is 6.35. The van der Waals surface area contributed by atoms with E-state index in [1.165, 1.54) is 20.1 Å². The van der Waals surface area contributed by atoms with Crippen molar-refractivity contribution in [2.45, 2.75) is 13.0 Å². The van der Waals surface area contributed by atoms with E-state index in [1.54, 1.807) is 12.1 Å². The van der Waals surface area contributed by atoms with Crippen LogP contribution in [0.4, 0.5) is 0 Å². The molecule has 0 amide bonds. The highest BCUT2D eigenvalue weighted by Gasteiger charge is 2.04. The lowest BCUT2D eigenvalue weighted by atomic mass is 10.2. The van der Waals surface area contributed by atoms with Crippen LogP contribution in [-0.4, -0.2) is 35.6 Å². The van der Waals surface area contributed by atoms with Crippen LogP contribution in [0.15, 0.2) is 18.2 Å². The fourth-order valence-corrected chi connectivity index (χ4v) is 0.799. The first-order valence-electron chi connectivity index (χ1n) is 4.73. The Bertz CT molecular complexity index is 389. The number of phenols is 1. The second kappa shape index (κ2) is 7.24. The first kappa shape index (κ1) is 14.9. The molecule has 1 rings (SSSR count). The van der Waals surface area contributed by atoms with Crippen molar-refractivity contribution in [2.75, 3.05) is 7.11 Å². The van der Waals surface area contributed by atoms with Crippen LogP contribution in [0.25, 0.3) is 0 Å². The molecule has 94 valence electrons. The largest absolute Gasteiger partial charge is 0.504 e. The van der Waals surface area contributed by atoms with Crippen LogP contribution >= 0.6 is 0 Å². The van der Waals surface area contributed by atoms with Gasteiger partial charge >= 0.3 is 5.97 Å². The van der Waals surface area contributed by atoms with E-state index in [2.05, 4.69) is 0 Å². The predicted molar refractivity (Wildman–Crippen MR) is 61.3 cm³/mol. The summed E-state index contributed by atoms with van der Waals surface area (Å²) in [6.07, 6.45) is 0.581. The van der Waals surface area contributed by atoms with Crippen molar-refractivity contribution in [2.24, 2.45) is 5.73 Å². The summed E-state index contributed by atoms with van der Waals surface area (Å²) in [5.74, 6) is -0.755. The number of aliphatic carboxylic acids is 1. The lowest BCUT2D eigenvalue weighted by Crippen LogP contribution is -2.25. The van der Waals surface area contributed by atoms with E-state index in [-0.39, 0.29) is 11.3 Å². The lowest BCUT2D eigenvalue weighted by molar-refractivity contribution is -0.138. The highest BCUT2D eigenvalue weighted by atomic mass is 16.5. The van der Waals surface area contributed by atoms with Gasteiger partial charge in [0.1, 0.15) is 6.04 Å². The molecule has 1 unspecified atom stereocenters. The van der Waals surface area contributed by atoms with Gasteiger partial charge in [-0.1, -0.05) is 6.07 Å². The number of methoxy groups -OCH3 is 1. The zero-order valence-electron chi connectivity index (χ0n) is 9.58. The fraction of sp³-hybridized carbons (Fsp3) is 0.273. The van der Waals surface area contributed by atoms with Crippen molar-refractivity contribution in [3.8, 4) is 11.5 Å². The van der Waals surface area contributed by atoms with E-state index in [0.717, 1.165) is 0 Å². The number of carbonyl (C=O) groups is 2. The molecule has 17 heavy (non-hydrogen) atoms. The summed E-state index contributed by atoms with van der Waals surface area (Å²) in [4.78, 5) is 19.9. The van der Waals surface area contributed by atoms with Gasteiger partial charge in [0.2, 0.25) is 0 Å². The summed E-state index contributed by atoms with van der Waals surface area (Å²) >= 11 is 0. The monoisotopic (exact) mass is 241 g/mol. The minimum absolute atomic E-state index is 0.106. The van der Waals surface area contributed by atoms with Crippen molar-refractivity contribution in [1.29, 1.82) is 0 Å². The Morgan fingerprint density at radius 3 is 2.41 bits per heavy atom. The van der Waals surface area contributed by atoms with Gasteiger partial charge in [0.05, 0.1) is 12.7 Å². The van der Waals surface area contributed by atoms with E-state index >= 15 is 0 Å². The molecule has 0 aliphatic rings. The molecule has 0 aliphatic heterocycles. The summed E-state index contributed by atoms with van der Waals surface area (Å²) in [5.41, 5.74) is 5.08. The quantitative estimate of drug-likeness (QED) is 0.669. The van der Waals surface area contributed by atoms with Crippen molar-refractivity contribution < 1.29 is 24.5 Å². The average Bonchev–Trinajstić information content (AvgIpc) is 2.30. The molecule has 6 heteroatoms. The predicted octanol–water partition coefficient (Wildman–Crippen LogP) is 0.631. The number of ether oxygens (including phenoxy) is 1. The van der Waals surface area contributed by atoms with Gasteiger partial charge in [-0.05, 0) is 19.1 Å². The van der Waals surface area contributed by atoms with Crippen LogP contribution in [0.1, 0.15) is 17.3 Å². The number of para-hydroxylation sites is 1. The van der Waals surface area contributed by atoms with Gasteiger partial charge in [-0.3, -0.25) is 9.59 Å². The molecule has 0 fully saturated rings. The van der Waals surface area contributed by atoms with E-state index in [4.69, 9.17) is 15.6 Å². The van der Waals surface area contributed by atoms with E-state index in [9.17, 15) is 14.7 Å². The molecule has 0 saturated carbocycles. The molecule has 1 atom stereocenters. The smallest absolute Gasteiger partial charge is 0.320 e. The zero-order valence-corrected chi connectivity index (χ0v) is 9.58. The standard InChI is InChI=1S/C8H8O3.C3H7NO2/c1-11-7-4-2-3-6(5-9)8(7)10;1-2(4)3(5)6/h2-5,10H,1H3;2H,4H2,1H3,(H,5,6). The van der Waals surface area contributed by atoms with Gasteiger partial charge in [-0.15, -0.1) is 0 Å². The van der Waals surface area contributed by atoms with Crippen molar-refractivity contribution in [3.63, 3.8) is 0 Å². The molecule has 0 aromatic heterocycles. The molecule has 1 aromatic carbocycles. The molecule has 4 N–H and O–H groups in total. The first-order valence-corrected chi connectivity index (χ1v) is 4.73. The maximum absolute atomic E-state index is 10.3. The van der Waals surface area contributed by atoms with Gasteiger partial charge in [0.25, 0.3) is 0 Å². The SMILES string of the molecule is CC(N)C(=O)O.COc1cccc(C=O)c1O. The fourth-order valence-electron chi connectivity index (χ4n) is 0.799. The Labute approximate surface area is 98.6 Å². The molecular weight excluding hydrogens is 226 g/mol. The van der Waals surface area contributed by atoms with Gasteiger partial charge in [-0.2, -0.15) is 0 Å². The van der Waals surface area contributed by atoms with E-state index < -0.39 is 12.0 Å². The third kappa shape index (κ3) is 4.98. The Balaban J connectivity index is 0.000000366. The number of aldehydes is 1. The molecule has 0 aliphatic carbocycles. The summed E-state index contributed by atoms with van der Waals surface area (Å²) in [6, 6.07) is 4.01. The normalized spacial score (nSPS) is 10.8. The molecule has 0 bridgehead atoms. The second-order valence-electron chi connectivity index (χ2n) is 3.14. The molecule has 1 aromatic rings. The van der Waals surface area contributed by atoms with Crippen LogP contribution in [0.5, 0.6) is 11.5 Å². The Morgan fingerprint density at radius 2 is 2.06 bits per heavy atom.